The van der Waals surface area contributed by atoms with Gasteiger partial charge in [0.15, 0.2) is 0 Å². The molecule has 1 atom stereocenters. The number of aliphatic hydroxyl groups excluding tert-OH is 1. The summed E-state index contributed by atoms with van der Waals surface area (Å²) >= 11 is 7.68. The summed E-state index contributed by atoms with van der Waals surface area (Å²) in [6, 6.07) is 10.7. The lowest BCUT2D eigenvalue weighted by Crippen LogP contribution is -2.40. The molecule has 0 aliphatic rings. The van der Waals surface area contributed by atoms with Crippen LogP contribution in [0, 0.1) is 0 Å². The molecule has 0 aromatic heterocycles. The van der Waals surface area contributed by atoms with Gasteiger partial charge in [0.25, 0.3) is 0 Å². The second-order valence-electron chi connectivity index (χ2n) is 6.54. The van der Waals surface area contributed by atoms with Crippen LogP contribution in [0.25, 0.3) is 0 Å². The van der Waals surface area contributed by atoms with E-state index in [0.717, 1.165) is 35.4 Å². The molecule has 3 N–H and O–H groups in total. The van der Waals surface area contributed by atoms with Gasteiger partial charge in [-0.25, -0.2) is 0 Å². The standard InChI is InChI=1S/C19H21ClF3NOS/c1-18(24,12-25)10-2-3-13-4-7-16(11-17(13)20)26-15-8-5-14(6-9-15)19(21,22)23/h4-9,11,25H,2-3,10,12,24H2,1H3. The molecule has 26 heavy (non-hydrogen) atoms. The van der Waals surface area contributed by atoms with E-state index < -0.39 is 17.3 Å². The highest BCUT2D eigenvalue weighted by molar-refractivity contribution is 7.99. The lowest BCUT2D eigenvalue weighted by Gasteiger charge is -2.21. The van der Waals surface area contributed by atoms with Crippen LogP contribution >= 0.6 is 23.4 Å². The van der Waals surface area contributed by atoms with E-state index in [4.69, 9.17) is 22.4 Å². The van der Waals surface area contributed by atoms with Gasteiger partial charge in [-0.05, 0) is 68.1 Å². The average molecular weight is 404 g/mol. The Morgan fingerprint density at radius 3 is 2.23 bits per heavy atom. The van der Waals surface area contributed by atoms with E-state index in [1.165, 1.54) is 23.9 Å². The van der Waals surface area contributed by atoms with Gasteiger partial charge < -0.3 is 10.8 Å². The molecule has 2 aromatic carbocycles. The zero-order valence-corrected chi connectivity index (χ0v) is 15.9. The number of nitrogens with two attached hydrogens (primary N) is 1. The molecule has 142 valence electrons. The fourth-order valence-corrected chi connectivity index (χ4v) is 3.60. The van der Waals surface area contributed by atoms with Crippen LogP contribution < -0.4 is 5.73 Å². The van der Waals surface area contributed by atoms with Crippen molar-refractivity contribution in [3.05, 3.63) is 58.6 Å². The van der Waals surface area contributed by atoms with E-state index in [-0.39, 0.29) is 6.61 Å². The summed E-state index contributed by atoms with van der Waals surface area (Å²) in [6.45, 7) is 1.74. The Morgan fingerprint density at radius 2 is 1.69 bits per heavy atom. The summed E-state index contributed by atoms with van der Waals surface area (Å²) in [5, 5.41) is 9.78. The number of alkyl halides is 3. The summed E-state index contributed by atoms with van der Waals surface area (Å²) < 4.78 is 37.8. The van der Waals surface area contributed by atoms with Crippen molar-refractivity contribution in [3.63, 3.8) is 0 Å². The van der Waals surface area contributed by atoms with Crippen LogP contribution in [0.4, 0.5) is 13.2 Å². The minimum absolute atomic E-state index is 0.0660. The summed E-state index contributed by atoms with van der Waals surface area (Å²) in [5.41, 5.74) is 5.64. The predicted octanol–water partition coefficient (Wildman–Crippen LogP) is 5.54. The monoisotopic (exact) mass is 403 g/mol. The first-order valence-electron chi connectivity index (χ1n) is 8.14. The van der Waals surface area contributed by atoms with Gasteiger partial charge in [-0.15, -0.1) is 0 Å². The van der Waals surface area contributed by atoms with E-state index in [1.54, 1.807) is 6.92 Å². The smallest absolute Gasteiger partial charge is 0.394 e. The molecule has 0 spiro atoms. The molecule has 0 amide bonds. The lowest BCUT2D eigenvalue weighted by molar-refractivity contribution is -0.137. The Hall–Kier alpha value is -1.21. The van der Waals surface area contributed by atoms with Gasteiger partial charge in [-0.2, -0.15) is 13.2 Å². The highest BCUT2D eigenvalue weighted by Crippen LogP contribution is 2.34. The third-order valence-corrected chi connectivity index (χ3v) is 5.35. The number of hydrogen-bond acceptors (Lipinski definition) is 3. The maximum absolute atomic E-state index is 12.6. The highest BCUT2D eigenvalue weighted by Gasteiger charge is 2.29. The zero-order chi connectivity index (χ0) is 19.4. The first-order chi connectivity index (χ1) is 12.1. The predicted molar refractivity (Wildman–Crippen MR) is 99.6 cm³/mol. The van der Waals surface area contributed by atoms with Crippen LogP contribution in [0.3, 0.4) is 0 Å². The van der Waals surface area contributed by atoms with Crippen LogP contribution in [-0.2, 0) is 12.6 Å². The number of rotatable bonds is 7. The topological polar surface area (TPSA) is 46.2 Å². The van der Waals surface area contributed by atoms with Gasteiger partial charge in [-0.1, -0.05) is 29.4 Å². The van der Waals surface area contributed by atoms with E-state index >= 15 is 0 Å². The van der Waals surface area contributed by atoms with Crippen molar-refractivity contribution in [3.8, 4) is 0 Å². The quantitative estimate of drug-likeness (QED) is 0.637. The Bertz CT molecular complexity index is 733. The van der Waals surface area contributed by atoms with Crippen LogP contribution in [0.15, 0.2) is 52.3 Å². The van der Waals surface area contributed by atoms with Crippen molar-refractivity contribution in [1.29, 1.82) is 0 Å². The van der Waals surface area contributed by atoms with E-state index in [1.807, 2.05) is 18.2 Å². The van der Waals surface area contributed by atoms with Gasteiger partial charge in [-0.3, -0.25) is 0 Å². The second-order valence-corrected chi connectivity index (χ2v) is 8.10. The van der Waals surface area contributed by atoms with Crippen LogP contribution in [0.5, 0.6) is 0 Å². The van der Waals surface area contributed by atoms with Crippen LogP contribution in [-0.4, -0.2) is 17.3 Å². The molecule has 7 heteroatoms. The number of benzene rings is 2. The van der Waals surface area contributed by atoms with Gasteiger partial charge >= 0.3 is 6.18 Å². The summed E-state index contributed by atoms with van der Waals surface area (Å²) in [4.78, 5) is 1.57. The second kappa shape index (κ2) is 8.65. The molecular formula is C19H21ClF3NOS. The molecule has 2 rings (SSSR count). The first-order valence-corrected chi connectivity index (χ1v) is 9.33. The maximum atomic E-state index is 12.6. The van der Waals surface area contributed by atoms with Crippen LogP contribution in [0.1, 0.15) is 30.9 Å². The molecule has 0 heterocycles. The largest absolute Gasteiger partial charge is 0.416 e. The van der Waals surface area contributed by atoms with E-state index in [2.05, 4.69) is 0 Å². The fourth-order valence-electron chi connectivity index (χ4n) is 2.40. The van der Waals surface area contributed by atoms with Crippen LogP contribution in [0.2, 0.25) is 5.02 Å². The number of aryl methyl sites for hydroxylation is 1. The Balaban J connectivity index is 1.98. The van der Waals surface area contributed by atoms with E-state index in [0.29, 0.717) is 16.3 Å². The molecule has 2 nitrogen and oxygen atoms in total. The van der Waals surface area contributed by atoms with E-state index in [9.17, 15) is 13.2 Å². The van der Waals surface area contributed by atoms with Crippen molar-refractivity contribution >= 4 is 23.4 Å². The summed E-state index contributed by atoms with van der Waals surface area (Å²) in [5.74, 6) is 0. The van der Waals surface area contributed by atoms with Gasteiger partial charge in [0.2, 0.25) is 0 Å². The lowest BCUT2D eigenvalue weighted by atomic mass is 9.95. The summed E-state index contributed by atoms with van der Waals surface area (Å²) in [6.07, 6.45) is -2.10. The number of halogens is 4. The Morgan fingerprint density at radius 1 is 1.08 bits per heavy atom. The maximum Gasteiger partial charge on any atom is 0.416 e. The third-order valence-electron chi connectivity index (χ3n) is 4.00. The van der Waals surface area contributed by atoms with Crippen molar-refractivity contribution in [2.24, 2.45) is 5.73 Å². The first kappa shape index (κ1) is 21.1. The molecule has 1 unspecified atom stereocenters. The fraction of sp³-hybridized carbons (Fsp3) is 0.368. The van der Waals surface area contributed by atoms with Gasteiger partial charge in [0.05, 0.1) is 12.2 Å². The minimum atomic E-state index is -4.33. The number of hydrogen-bond donors (Lipinski definition) is 2. The SMILES string of the molecule is CC(N)(CO)CCCc1ccc(Sc2ccc(C(F)(F)F)cc2)cc1Cl. The highest BCUT2D eigenvalue weighted by atomic mass is 35.5. The third kappa shape index (κ3) is 6.20. The minimum Gasteiger partial charge on any atom is -0.394 e. The molecule has 0 saturated heterocycles. The van der Waals surface area contributed by atoms with Gasteiger partial charge in [0.1, 0.15) is 0 Å². The number of aliphatic hydroxyl groups is 1. The molecular weight excluding hydrogens is 383 g/mol. The van der Waals surface area contributed by atoms with Gasteiger partial charge in [0, 0.05) is 20.4 Å². The molecule has 0 bridgehead atoms. The van der Waals surface area contributed by atoms with Crippen molar-refractivity contribution in [1.82, 2.24) is 0 Å². The Kier molecular flexibility index (Phi) is 7.02. The molecule has 0 aliphatic heterocycles. The molecule has 0 saturated carbocycles. The van der Waals surface area contributed by atoms with Crippen molar-refractivity contribution in [2.45, 2.75) is 47.7 Å². The van der Waals surface area contributed by atoms with Crippen molar-refractivity contribution in [2.75, 3.05) is 6.61 Å². The van der Waals surface area contributed by atoms with Crippen molar-refractivity contribution < 1.29 is 18.3 Å². The molecule has 2 aromatic rings. The molecule has 0 aliphatic carbocycles. The average Bonchev–Trinajstić information content (AvgIpc) is 2.56. The summed E-state index contributed by atoms with van der Waals surface area (Å²) in [7, 11) is 0. The zero-order valence-electron chi connectivity index (χ0n) is 14.3. The molecule has 0 fully saturated rings. The molecule has 0 radical (unpaired) electrons. The normalized spacial score (nSPS) is 14.3. The Labute approximate surface area is 160 Å².